The van der Waals surface area contributed by atoms with Crippen molar-refractivity contribution in [3.63, 3.8) is 0 Å². The molecule has 2 heterocycles. The molecule has 18 heteroatoms. The Bertz CT molecular complexity index is 1540. The van der Waals surface area contributed by atoms with Crippen LogP contribution in [0.2, 0.25) is 0 Å². The number of unbranched alkanes of at least 4 members (excludes halogenated alkanes) is 2. The van der Waals surface area contributed by atoms with E-state index < -0.39 is 71.0 Å². The Labute approximate surface area is 288 Å². The van der Waals surface area contributed by atoms with Gasteiger partial charge in [-0.1, -0.05) is 62.8 Å². The first-order valence-electron chi connectivity index (χ1n) is 14.4. The van der Waals surface area contributed by atoms with Crippen LogP contribution < -0.4 is 10.5 Å². The van der Waals surface area contributed by atoms with E-state index in [9.17, 15) is 37.2 Å². The minimum atomic E-state index is -3.92. The maximum absolute atomic E-state index is 12.9. The van der Waals surface area contributed by atoms with Gasteiger partial charge in [-0.2, -0.15) is 0 Å². The average molecular weight is 773 g/mol. The molecule has 0 saturated carbocycles. The summed E-state index contributed by atoms with van der Waals surface area (Å²) in [6.45, 7) is -1.18. The van der Waals surface area contributed by atoms with Crippen LogP contribution in [0.15, 0.2) is 42.5 Å². The van der Waals surface area contributed by atoms with Gasteiger partial charge in [0.25, 0.3) is 0 Å². The van der Waals surface area contributed by atoms with E-state index in [-0.39, 0.29) is 30.1 Å². The first-order chi connectivity index (χ1) is 22.4. The molecule has 0 fully saturated rings. The molecule has 0 saturated heterocycles. The number of nitrogens with two attached hydrogens (primary N) is 1. The first-order valence-corrected chi connectivity index (χ1v) is 17.4. The molecule has 2 aromatic rings. The zero-order valence-corrected chi connectivity index (χ0v) is 28.7. The number of hydrogen-bond acceptors (Lipinski definition) is 11. The van der Waals surface area contributed by atoms with Crippen molar-refractivity contribution in [1.82, 2.24) is 9.29 Å². The van der Waals surface area contributed by atoms with E-state index in [4.69, 9.17) is 9.24 Å². The van der Waals surface area contributed by atoms with E-state index in [0.29, 0.717) is 42.8 Å². The van der Waals surface area contributed by atoms with Crippen LogP contribution in [0.4, 0.5) is 0 Å². The van der Waals surface area contributed by atoms with Gasteiger partial charge < -0.3 is 53.3 Å². The summed E-state index contributed by atoms with van der Waals surface area (Å²) >= 11 is 5.38. The van der Waals surface area contributed by atoms with Gasteiger partial charge in [0, 0.05) is 35.5 Å². The molecule has 47 heavy (non-hydrogen) atoms. The molecule has 0 aliphatic carbocycles. The second-order valence-electron chi connectivity index (χ2n) is 10.3. The van der Waals surface area contributed by atoms with Gasteiger partial charge in [-0.25, -0.2) is 8.42 Å². The van der Waals surface area contributed by atoms with Gasteiger partial charge in [0.1, 0.15) is 5.78 Å². The number of ketones is 2. The van der Waals surface area contributed by atoms with Gasteiger partial charge >= 0.3 is 22.4 Å². The topological polar surface area (TPSA) is 239 Å². The molecule has 0 spiro atoms. The monoisotopic (exact) mass is 771 g/mol. The van der Waals surface area contributed by atoms with Crippen molar-refractivity contribution in [1.29, 1.82) is 0 Å². The Morgan fingerprint density at radius 1 is 0.894 bits per heavy atom. The number of fused-ring (bicyclic) bond motifs is 1. The summed E-state index contributed by atoms with van der Waals surface area (Å²) in [5.74, 6) is -4.82. The molecule has 3 N–H and O–H groups in total. The first kappa shape index (κ1) is 39.6. The fourth-order valence-electron chi connectivity index (χ4n) is 4.65. The third kappa shape index (κ3) is 12.9. The van der Waals surface area contributed by atoms with Gasteiger partial charge in [0.2, 0.25) is 21.7 Å². The van der Waals surface area contributed by atoms with Gasteiger partial charge in [0.05, 0.1) is 23.4 Å². The van der Waals surface area contributed by atoms with Gasteiger partial charge in [-0.15, -0.1) is 5.75 Å². The molecular formula is C29H34N6O9S2Tc. The molecule has 4 amide bonds. The molecular weight excluding hydrogens is 738 g/mol. The number of nitrogens with zero attached hydrogens (tertiary/aromatic N) is 4. The summed E-state index contributed by atoms with van der Waals surface area (Å²) in [5, 5.41) is 10.3. The Morgan fingerprint density at radius 2 is 1.51 bits per heavy atom. The van der Waals surface area contributed by atoms with E-state index in [1.54, 1.807) is 41.0 Å². The average Bonchev–Trinajstić information content (AvgIpc) is 3.68. The Kier molecular flexibility index (Phi) is 16.8. The van der Waals surface area contributed by atoms with Crippen LogP contribution in [-0.2, 0) is 75.5 Å². The van der Waals surface area contributed by atoms with Crippen LogP contribution in [-0.4, -0.2) is 85.4 Å². The summed E-state index contributed by atoms with van der Waals surface area (Å²) in [7, 11) is -3.92. The fraction of sp³-hybridized carbons (Fsp3) is 0.448. The molecule has 2 atom stereocenters. The second-order valence-corrected chi connectivity index (χ2v) is 12.4. The van der Waals surface area contributed by atoms with Gasteiger partial charge in [-0.3, -0.25) is 19.1 Å². The number of rotatable bonds is 18. The van der Waals surface area contributed by atoms with Crippen molar-refractivity contribution < 1.29 is 59.5 Å². The number of carbonyl (C=O) groups excluding carboxylic acids is 6. The number of amides is 4. The maximum atomic E-state index is 12.9. The summed E-state index contributed by atoms with van der Waals surface area (Å²) in [6.07, 6.45) is 1.68. The quantitative estimate of drug-likeness (QED) is 0.124. The molecule has 253 valence electrons. The molecule has 0 radical (unpaired) electrons. The molecule has 1 aliphatic rings. The second kappa shape index (κ2) is 19.9. The van der Waals surface area contributed by atoms with Crippen molar-refractivity contribution in [2.24, 2.45) is 5.73 Å². The van der Waals surface area contributed by atoms with E-state index in [2.05, 4.69) is 33.3 Å². The number of benzene rings is 1. The van der Waals surface area contributed by atoms with Crippen molar-refractivity contribution in [2.75, 3.05) is 31.1 Å². The van der Waals surface area contributed by atoms with Crippen molar-refractivity contribution in [3.8, 4) is 0 Å². The number of Topliss-reactive ketones (excluding diaryl/α,β-unsaturated/α-hetero) is 1. The van der Waals surface area contributed by atoms with Gasteiger partial charge in [-0.05, 0) is 31.4 Å². The fourth-order valence-corrected chi connectivity index (χ4v) is 5.88. The number of hydrogen-bond donors (Lipinski definition) is 2. The summed E-state index contributed by atoms with van der Waals surface area (Å²) in [5.41, 5.74) is 7.41. The van der Waals surface area contributed by atoms with E-state index >= 15 is 0 Å². The van der Waals surface area contributed by atoms with Crippen LogP contribution in [0.5, 0.6) is 0 Å². The predicted molar refractivity (Wildman–Crippen MR) is 168 cm³/mol. The minimum absolute atomic E-state index is 0.174. The van der Waals surface area contributed by atoms with E-state index in [0.717, 1.165) is 18.9 Å². The predicted octanol–water partition coefficient (Wildman–Crippen LogP) is 1.24. The summed E-state index contributed by atoms with van der Waals surface area (Å²) < 4.78 is 37.3. The Balaban J connectivity index is 0.00000376. The van der Waals surface area contributed by atoms with Crippen molar-refractivity contribution >= 4 is 57.8 Å². The van der Waals surface area contributed by atoms with Gasteiger partial charge in [0.15, 0.2) is 0 Å². The zero-order chi connectivity index (χ0) is 35.0. The molecule has 1 aliphatic heterocycles. The van der Waals surface area contributed by atoms with Crippen LogP contribution in [0.25, 0.3) is 16.0 Å². The SMILES string of the molecule is NC(CCCCCS(=O)(=O)NC(=O)C1CCn2c(C(=O)c3ccccc3)ccc21)C(=O)C[N-]C(=O)C[N-]C(=O)C[N-]C(=O)C[S-].[O]=[Tc+4]. The normalized spacial score (nSPS) is 14.1. The molecule has 1 aromatic heterocycles. The van der Waals surface area contributed by atoms with E-state index in [1.807, 2.05) is 6.07 Å². The molecule has 0 bridgehead atoms. The third-order valence-corrected chi connectivity index (χ3v) is 8.60. The number of nitrogens with one attached hydrogen (secondary N) is 1. The standard InChI is InChI=1S/C29H38N6O8S2.O.Tc/c30-21(24(36)15-31-25(37)16-32-26(38)17-33-27(39)18-44)9-5-2-6-14-45(42,43)34-29(41)20-12-13-35-22(20)10-11-23(35)28(40)19-7-3-1-4-8-19;;/h1,3-4,7-8,10-11,20-21H,2,5-6,9,12-18,30H2,(H5,31,32,33,34,37,38,39,41,44);;/q;;+4/p-4. The van der Waals surface area contributed by atoms with Crippen molar-refractivity contribution in [2.45, 2.75) is 50.6 Å². The molecule has 3 rings (SSSR count). The Morgan fingerprint density at radius 3 is 2.15 bits per heavy atom. The summed E-state index contributed by atoms with van der Waals surface area (Å²) in [6, 6.07) is 11.2. The number of carbonyl (C=O) groups is 6. The van der Waals surface area contributed by atoms with Crippen LogP contribution >= 0.6 is 0 Å². The molecule has 2 unspecified atom stereocenters. The molecule has 1 aromatic carbocycles. The van der Waals surface area contributed by atoms with Crippen LogP contribution in [0, 0.1) is 0 Å². The number of sulfonamides is 1. The summed E-state index contributed by atoms with van der Waals surface area (Å²) in [4.78, 5) is 72.1. The van der Waals surface area contributed by atoms with Crippen LogP contribution in [0.1, 0.15) is 59.8 Å². The Hall–Kier alpha value is -3.57. The zero-order valence-electron chi connectivity index (χ0n) is 25.2. The van der Waals surface area contributed by atoms with Crippen molar-refractivity contribution in [3.05, 3.63) is 75.4 Å². The molecule has 15 nitrogen and oxygen atoms in total. The number of aromatic nitrogens is 1. The van der Waals surface area contributed by atoms with Crippen LogP contribution in [0.3, 0.4) is 0 Å². The third-order valence-electron chi connectivity index (χ3n) is 7.01. The van der Waals surface area contributed by atoms with E-state index in [1.165, 1.54) is 0 Å².